The van der Waals surface area contributed by atoms with Gasteiger partial charge in [0, 0.05) is 25.0 Å². The number of nitrogens with one attached hydrogen (secondary N) is 1. The average Bonchev–Trinajstić information content (AvgIpc) is 3.12. The smallest absolute Gasteiger partial charge is 0.447 e. The molecule has 0 aromatic heterocycles. The molecule has 1 unspecified atom stereocenters. The van der Waals surface area contributed by atoms with E-state index in [1.54, 1.807) is 23.6 Å². The summed E-state index contributed by atoms with van der Waals surface area (Å²) in [5.41, 5.74) is 1.10. The Morgan fingerprint density at radius 1 is 1.23 bits per heavy atom. The van der Waals surface area contributed by atoms with Crippen LogP contribution in [0.1, 0.15) is 63.5 Å². The molecule has 3 N–H and O–H groups in total. The highest BCUT2D eigenvalue weighted by atomic mass is 19.3. The first kappa shape index (κ1) is 31.8. The molecule has 220 valence electrons. The van der Waals surface area contributed by atoms with Gasteiger partial charge in [0.15, 0.2) is 0 Å². The third-order valence-corrected chi connectivity index (χ3v) is 7.99. The van der Waals surface area contributed by atoms with Crippen LogP contribution < -0.4 is 5.32 Å². The van der Waals surface area contributed by atoms with Crippen molar-refractivity contribution < 1.29 is 33.2 Å². The molecule has 1 aromatic carbocycles. The van der Waals surface area contributed by atoms with E-state index in [0.29, 0.717) is 13.0 Å². The minimum atomic E-state index is -2.78. The lowest BCUT2D eigenvalue weighted by Crippen LogP contribution is -2.51. The Bertz CT molecular complexity index is 1050. The number of carbonyl (C=O) groups excluding carboxylic acids is 2. The van der Waals surface area contributed by atoms with Crippen LogP contribution in [-0.2, 0) is 16.0 Å². The van der Waals surface area contributed by atoms with Crippen molar-refractivity contribution in [2.75, 3.05) is 26.2 Å². The second-order valence-electron chi connectivity index (χ2n) is 11.7. The third-order valence-electron chi connectivity index (χ3n) is 7.99. The maximum atomic E-state index is 13.8. The molecule has 0 radical (unpaired) electrons. The third kappa shape index (κ3) is 8.88. The zero-order valence-electron chi connectivity index (χ0n) is 23.6. The molecule has 2 amide bonds. The molecule has 3 atom stereocenters. The summed E-state index contributed by atoms with van der Waals surface area (Å²) in [4.78, 5) is 29.4. The van der Waals surface area contributed by atoms with Gasteiger partial charge in [0.25, 0.3) is 5.92 Å². The maximum absolute atomic E-state index is 13.8. The number of rotatable bonds is 10. The molecule has 2 fully saturated rings. The van der Waals surface area contributed by atoms with Gasteiger partial charge in [0.2, 0.25) is 5.91 Å². The van der Waals surface area contributed by atoms with Crippen LogP contribution in [0.25, 0.3) is 0 Å². The molecule has 1 aromatic rings. The van der Waals surface area contributed by atoms with Crippen molar-refractivity contribution in [3.63, 3.8) is 0 Å². The molecule has 2 saturated heterocycles. The van der Waals surface area contributed by atoms with E-state index >= 15 is 0 Å². The quantitative estimate of drug-likeness (QED) is 0.375. The van der Waals surface area contributed by atoms with E-state index in [4.69, 9.17) is 4.74 Å². The number of nitrogens with zero attached hydrogens (tertiary/aromatic N) is 3. The zero-order valence-corrected chi connectivity index (χ0v) is 23.6. The van der Waals surface area contributed by atoms with Gasteiger partial charge >= 0.3 is 13.2 Å². The first-order chi connectivity index (χ1) is 18.8. The topological polar surface area (TPSA) is 126 Å². The summed E-state index contributed by atoms with van der Waals surface area (Å²) < 4.78 is 33.1. The monoisotopic (exact) mass is 562 g/mol. The first-order valence-electron chi connectivity index (χ1n) is 14.0. The van der Waals surface area contributed by atoms with Gasteiger partial charge in [-0.1, -0.05) is 42.7 Å². The summed E-state index contributed by atoms with van der Waals surface area (Å²) in [5.74, 6) is -5.18. The lowest BCUT2D eigenvalue weighted by molar-refractivity contribution is -0.138. The van der Waals surface area contributed by atoms with Crippen molar-refractivity contribution >= 4 is 19.1 Å². The fourth-order valence-corrected chi connectivity index (χ4v) is 5.48. The molecule has 0 saturated carbocycles. The van der Waals surface area contributed by atoms with Crippen LogP contribution >= 0.6 is 0 Å². The van der Waals surface area contributed by atoms with Crippen molar-refractivity contribution in [1.82, 2.24) is 15.1 Å². The van der Waals surface area contributed by atoms with Gasteiger partial charge in [0.05, 0.1) is 24.6 Å². The van der Waals surface area contributed by atoms with E-state index in [9.17, 15) is 33.7 Å². The number of ether oxygens (including phenoxy) is 1. The Labute approximate surface area is 235 Å². The van der Waals surface area contributed by atoms with E-state index in [0.717, 1.165) is 30.4 Å². The van der Waals surface area contributed by atoms with Gasteiger partial charge in [-0.05, 0) is 52.0 Å². The predicted octanol–water partition coefficient (Wildman–Crippen LogP) is 3.07. The van der Waals surface area contributed by atoms with Gasteiger partial charge in [-0.3, -0.25) is 9.69 Å². The lowest BCUT2D eigenvalue weighted by Gasteiger charge is -2.38. The zero-order chi connectivity index (χ0) is 29.5. The number of carbonyl (C=O) groups is 2. The largest absolute Gasteiger partial charge is 0.475 e. The van der Waals surface area contributed by atoms with Crippen LogP contribution in [0, 0.1) is 24.2 Å². The van der Waals surface area contributed by atoms with Gasteiger partial charge in [-0.2, -0.15) is 5.26 Å². The number of alkyl halides is 2. The fourth-order valence-electron chi connectivity index (χ4n) is 5.48. The second kappa shape index (κ2) is 13.7. The van der Waals surface area contributed by atoms with E-state index in [2.05, 4.69) is 11.4 Å². The molecule has 0 aliphatic carbocycles. The predicted molar refractivity (Wildman–Crippen MR) is 146 cm³/mol. The number of halogens is 2. The number of nitriles is 1. The summed E-state index contributed by atoms with van der Waals surface area (Å²) in [6.45, 7) is 5.60. The standard InChI is InChI=1S/C28H41BF2N4O5/c1-20-8-10-21(11-9-20)15-24(29(38)39)33-26(37)40-18-23-7-5-4-6-13-35(23)25(36)22(17-32)16-27(2,3)34-14-12-28(30,31)19-34/h8-11,22-24,38-39H,4-7,12-16,18-19H2,1-3H3,(H,33,37)/t22?,23-,24-/m0/s1. The highest BCUT2D eigenvalue weighted by Crippen LogP contribution is 2.35. The van der Waals surface area contributed by atoms with Crippen molar-refractivity contribution in [2.24, 2.45) is 5.92 Å². The Morgan fingerprint density at radius 2 is 1.93 bits per heavy atom. The molecule has 12 heteroatoms. The van der Waals surface area contributed by atoms with Crippen molar-refractivity contribution in [3.05, 3.63) is 35.4 Å². The number of hydrogen-bond acceptors (Lipinski definition) is 7. The van der Waals surface area contributed by atoms with Crippen LogP contribution in [0.3, 0.4) is 0 Å². The van der Waals surface area contributed by atoms with Crippen LogP contribution in [0.15, 0.2) is 24.3 Å². The van der Waals surface area contributed by atoms with E-state index in [1.165, 1.54) is 0 Å². The van der Waals surface area contributed by atoms with Crippen LogP contribution in [0.2, 0.25) is 0 Å². The summed E-state index contributed by atoms with van der Waals surface area (Å²) >= 11 is 0. The number of benzene rings is 1. The number of likely N-dealkylation sites (tertiary alicyclic amines) is 2. The van der Waals surface area contributed by atoms with E-state index in [1.807, 2.05) is 31.2 Å². The second-order valence-corrected chi connectivity index (χ2v) is 11.7. The van der Waals surface area contributed by atoms with Crippen molar-refractivity contribution in [1.29, 1.82) is 5.26 Å². The van der Waals surface area contributed by atoms with Gasteiger partial charge in [-0.15, -0.1) is 0 Å². The molecule has 0 bridgehead atoms. The molecule has 3 rings (SSSR count). The molecule has 0 spiro atoms. The van der Waals surface area contributed by atoms with E-state index < -0.39 is 49.1 Å². The maximum Gasteiger partial charge on any atom is 0.475 e. The molecular weight excluding hydrogens is 521 g/mol. The Morgan fingerprint density at radius 3 is 2.52 bits per heavy atom. The summed E-state index contributed by atoms with van der Waals surface area (Å²) in [6, 6.07) is 9.10. The number of aryl methyl sites for hydroxylation is 1. The first-order valence-corrected chi connectivity index (χ1v) is 14.0. The minimum absolute atomic E-state index is 0.109. The van der Waals surface area contributed by atoms with Crippen LogP contribution in [-0.4, -0.2) is 88.7 Å². The van der Waals surface area contributed by atoms with Crippen molar-refractivity contribution in [3.8, 4) is 6.07 Å². The normalized spacial score (nSPS) is 21.1. The Hall–Kier alpha value is -2.75. The van der Waals surface area contributed by atoms with Gasteiger partial charge < -0.3 is 25.0 Å². The van der Waals surface area contributed by atoms with E-state index in [-0.39, 0.29) is 38.3 Å². The SMILES string of the molecule is Cc1ccc(C[C@H](NC(=O)OC[C@@H]2CCCCCN2C(=O)C(C#N)CC(C)(C)N2CCC(F)(F)C2)B(O)O)cc1. The lowest BCUT2D eigenvalue weighted by atomic mass is 9.76. The molecule has 2 aliphatic rings. The molecule has 2 heterocycles. The van der Waals surface area contributed by atoms with Gasteiger partial charge in [-0.25, -0.2) is 13.6 Å². The molecular formula is C28H41BF2N4O5. The molecule has 9 nitrogen and oxygen atoms in total. The number of alkyl carbamates (subject to hydrolysis) is 1. The highest BCUT2D eigenvalue weighted by Gasteiger charge is 2.45. The Kier molecular flexibility index (Phi) is 10.9. The van der Waals surface area contributed by atoms with Crippen LogP contribution in [0.4, 0.5) is 13.6 Å². The fraction of sp³-hybridized carbons (Fsp3) is 0.679. The van der Waals surface area contributed by atoms with Gasteiger partial charge in [0.1, 0.15) is 12.5 Å². The summed E-state index contributed by atoms with van der Waals surface area (Å²) in [6.07, 6.45) is 2.23. The highest BCUT2D eigenvalue weighted by molar-refractivity contribution is 6.43. The van der Waals surface area contributed by atoms with Crippen molar-refractivity contribution in [2.45, 2.75) is 89.2 Å². The minimum Gasteiger partial charge on any atom is -0.447 e. The average molecular weight is 562 g/mol. The number of amides is 2. The molecule has 40 heavy (non-hydrogen) atoms. The number of hydrogen-bond donors (Lipinski definition) is 3. The summed E-state index contributed by atoms with van der Waals surface area (Å²) in [5, 5.41) is 32.0. The summed E-state index contributed by atoms with van der Waals surface area (Å²) in [7, 11) is -1.81. The molecule has 2 aliphatic heterocycles. The van der Waals surface area contributed by atoms with Crippen LogP contribution in [0.5, 0.6) is 0 Å². The Balaban J connectivity index is 1.61.